The van der Waals surface area contributed by atoms with Crippen molar-refractivity contribution in [1.82, 2.24) is 5.32 Å². The molecule has 0 unspecified atom stereocenters. The molecule has 1 heterocycles. The quantitative estimate of drug-likeness (QED) is 0.817. The van der Waals surface area contributed by atoms with Crippen LogP contribution in [0.1, 0.15) is 23.1 Å². The first-order valence-electron chi connectivity index (χ1n) is 6.94. The fraction of sp³-hybridized carbons (Fsp3) is 0.533. The smallest absolute Gasteiger partial charge is 0.132 e. The summed E-state index contributed by atoms with van der Waals surface area (Å²) in [7, 11) is 1.69. The van der Waals surface area contributed by atoms with Gasteiger partial charge in [-0.05, 0) is 42.5 Å². The maximum absolute atomic E-state index is 5.87. The third-order valence-corrected chi connectivity index (χ3v) is 3.67. The molecule has 0 fully saturated rings. The van der Waals surface area contributed by atoms with Crippen molar-refractivity contribution in [3.63, 3.8) is 0 Å². The van der Waals surface area contributed by atoms with Gasteiger partial charge in [-0.25, -0.2) is 0 Å². The molecule has 0 saturated heterocycles. The van der Waals surface area contributed by atoms with Crippen LogP contribution in [0.3, 0.4) is 0 Å². The number of amidine groups is 1. The molecule has 0 saturated carbocycles. The van der Waals surface area contributed by atoms with Crippen LogP contribution < -0.4 is 10.1 Å². The molecule has 2 aliphatic rings. The second kappa shape index (κ2) is 5.61. The van der Waals surface area contributed by atoms with Crippen molar-refractivity contribution in [3.8, 4) is 5.75 Å². The summed E-state index contributed by atoms with van der Waals surface area (Å²) in [6.07, 6.45) is 3.58. The van der Waals surface area contributed by atoms with Gasteiger partial charge in [0.2, 0.25) is 0 Å². The Kier molecular flexibility index (Phi) is 3.69. The highest BCUT2D eigenvalue weighted by atomic mass is 16.5. The zero-order valence-corrected chi connectivity index (χ0v) is 11.4. The molecule has 0 aromatic heterocycles. The monoisotopic (exact) mass is 260 g/mol. The first kappa shape index (κ1) is 12.5. The van der Waals surface area contributed by atoms with E-state index in [1.807, 2.05) is 0 Å². The first-order chi connectivity index (χ1) is 9.38. The summed E-state index contributed by atoms with van der Waals surface area (Å²) in [6.45, 7) is 2.96. The van der Waals surface area contributed by atoms with E-state index in [9.17, 15) is 0 Å². The number of aryl methyl sites for hydroxylation is 2. The van der Waals surface area contributed by atoms with Gasteiger partial charge < -0.3 is 14.8 Å². The number of hydrogen-bond acceptors (Lipinski definition) is 4. The fourth-order valence-electron chi connectivity index (χ4n) is 2.72. The van der Waals surface area contributed by atoms with E-state index < -0.39 is 0 Å². The Labute approximate surface area is 113 Å². The van der Waals surface area contributed by atoms with Crippen LogP contribution >= 0.6 is 0 Å². The molecule has 102 valence electrons. The van der Waals surface area contributed by atoms with Crippen LogP contribution in [0.4, 0.5) is 0 Å². The zero-order chi connectivity index (χ0) is 13.1. The lowest BCUT2D eigenvalue weighted by Crippen LogP contribution is -2.21. The number of nitrogens with zero attached hydrogens (tertiary/aromatic N) is 1. The van der Waals surface area contributed by atoms with Gasteiger partial charge in [0.05, 0.1) is 18.7 Å². The van der Waals surface area contributed by atoms with Gasteiger partial charge in [-0.2, -0.15) is 0 Å². The number of benzene rings is 1. The third-order valence-electron chi connectivity index (χ3n) is 3.67. The number of nitrogens with one attached hydrogen (secondary N) is 1. The SMILES string of the molecule is COCCOc1cc2c(cc1C1=NCCN1)CCC2. The minimum atomic E-state index is 0.579. The normalized spacial score (nSPS) is 17.0. The van der Waals surface area contributed by atoms with Crippen molar-refractivity contribution in [2.45, 2.75) is 19.3 Å². The van der Waals surface area contributed by atoms with Crippen LogP contribution in [-0.4, -0.2) is 39.2 Å². The topological polar surface area (TPSA) is 42.9 Å². The van der Waals surface area contributed by atoms with Crippen LogP contribution in [0.15, 0.2) is 17.1 Å². The van der Waals surface area contributed by atoms with Crippen molar-refractivity contribution < 1.29 is 9.47 Å². The molecule has 1 aromatic carbocycles. The summed E-state index contributed by atoms with van der Waals surface area (Å²) >= 11 is 0. The number of hydrogen-bond donors (Lipinski definition) is 1. The highest BCUT2D eigenvalue weighted by molar-refractivity contribution is 6.02. The Balaban J connectivity index is 1.90. The predicted molar refractivity (Wildman–Crippen MR) is 75.2 cm³/mol. The maximum Gasteiger partial charge on any atom is 0.132 e. The molecule has 0 atom stereocenters. The molecule has 1 aliphatic carbocycles. The van der Waals surface area contributed by atoms with Crippen molar-refractivity contribution in [1.29, 1.82) is 0 Å². The second-order valence-corrected chi connectivity index (χ2v) is 4.97. The largest absolute Gasteiger partial charge is 0.490 e. The average molecular weight is 260 g/mol. The molecule has 4 nitrogen and oxygen atoms in total. The van der Waals surface area contributed by atoms with Crippen LogP contribution in [0.2, 0.25) is 0 Å². The van der Waals surface area contributed by atoms with Crippen LogP contribution in [0.25, 0.3) is 0 Å². The third kappa shape index (κ3) is 2.59. The Morgan fingerprint density at radius 3 is 2.79 bits per heavy atom. The molecule has 1 aliphatic heterocycles. The Morgan fingerprint density at radius 1 is 1.21 bits per heavy atom. The van der Waals surface area contributed by atoms with Gasteiger partial charge >= 0.3 is 0 Å². The lowest BCUT2D eigenvalue weighted by atomic mass is 10.0. The van der Waals surface area contributed by atoms with Crippen molar-refractivity contribution in [2.75, 3.05) is 33.4 Å². The summed E-state index contributed by atoms with van der Waals surface area (Å²) in [4.78, 5) is 4.51. The molecule has 1 N–H and O–H groups in total. The Morgan fingerprint density at radius 2 is 2.05 bits per heavy atom. The van der Waals surface area contributed by atoms with E-state index in [0.29, 0.717) is 13.2 Å². The van der Waals surface area contributed by atoms with E-state index in [0.717, 1.165) is 36.7 Å². The van der Waals surface area contributed by atoms with Gasteiger partial charge in [0.25, 0.3) is 0 Å². The molecule has 1 aromatic rings. The van der Waals surface area contributed by atoms with Crippen LogP contribution in [-0.2, 0) is 17.6 Å². The summed E-state index contributed by atoms with van der Waals surface area (Å²) in [6, 6.07) is 4.44. The zero-order valence-electron chi connectivity index (χ0n) is 11.4. The highest BCUT2D eigenvalue weighted by Gasteiger charge is 2.19. The molecule has 4 heteroatoms. The van der Waals surface area contributed by atoms with E-state index in [1.54, 1.807) is 7.11 Å². The van der Waals surface area contributed by atoms with Crippen LogP contribution in [0.5, 0.6) is 5.75 Å². The van der Waals surface area contributed by atoms with Gasteiger partial charge in [-0.3, -0.25) is 4.99 Å². The molecule has 0 radical (unpaired) electrons. The van der Waals surface area contributed by atoms with Gasteiger partial charge in [0, 0.05) is 13.7 Å². The summed E-state index contributed by atoms with van der Waals surface area (Å²) in [5.74, 6) is 1.91. The molecule has 19 heavy (non-hydrogen) atoms. The number of methoxy groups -OCH3 is 1. The van der Waals surface area contributed by atoms with Crippen molar-refractivity contribution >= 4 is 5.84 Å². The van der Waals surface area contributed by atoms with E-state index in [1.165, 1.54) is 24.0 Å². The summed E-state index contributed by atoms with van der Waals surface area (Å²) in [5.41, 5.74) is 3.98. The Hall–Kier alpha value is -1.55. The van der Waals surface area contributed by atoms with Gasteiger partial charge in [-0.1, -0.05) is 0 Å². The second-order valence-electron chi connectivity index (χ2n) is 4.97. The van der Waals surface area contributed by atoms with Gasteiger partial charge in [0.15, 0.2) is 0 Å². The Bertz CT molecular complexity index is 497. The molecule has 0 amide bonds. The molecular formula is C15H20N2O2. The number of ether oxygens (including phenoxy) is 2. The minimum absolute atomic E-state index is 0.579. The van der Waals surface area contributed by atoms with Gasteiger partial charge in [-0.15, -0.1) is 0 Å². The summed E-state index contributed by atoms with van der Waals surface area (Å²) in [5, 5.41) is 3.33. The number of fused-ring (bicyclic) bond motifs is 1. The van der Waals surface area contributed by atoms with Gasteiger partial charge in [0.1, 0.15) is 18.2 Å². The highest BCUT2D eigenvalue weighted by Crippen LogP contribution is 2.30. The lowest BCUT2D eigenvalue weighted by Gasteiger charge is -2.14. The maximum atomic E-state index is 5.87. The van der Waals surface area contributed by atoms with Crippen molar-refractivity contribution in [2.24, 2.45) is 4.99 Å². The summed E-state index contributed by atoms with van der Waals surface area (Å²) < 4.78 is 10.9. The van der Waals surface area contributed by atoms with E-state index >= 15 is 0 Å². The standard InChI is InChI=1S/C15H20N2O2/c1-18-7-8-19-14-10-12-4-2-3-11(12)9-13(14)15-16-5-6-17-15/h9-10H,2-8H2,1H3,(H,16,17). The van der Waals surface area contributed by atoms with E-state index in [2.05, 4.69) is 22.4 Å². The minimum Gasteiger partial charge on any atom is -0.490 e. The molecule has 3 rings (SSSR count). The number of rotatable bonds is 5. The predicted octanol–water partition coefficient (Wildman–Crippen LogP) is 1.55. The van der Waals surface area contributed by atoms with Crippen molar-refractivity contribution in [3.05, 3.63) is 28.8 Å². The molecule has 0 bridgehead atoms. The first-order valence-corrected chi connectivity index (χ1v) is 6.94. The lowest BCUT2D eigenvalue weighted by molar-refractivity contribution is 0.146. The number of aliphatic imine (C=N–C) groups is 1. The van der Waals surface area contributed by atoms with E-state index in [-0.39, 0.29) is 0 Å². The van der Waals surface area contributed by atoms with E-state index in [4.69, 9.17) is 9.47 Å². The average Bonchev–Trinajstić information content (AvgIpc) is 3.08. The molecular weight excluding hydrogens is 240 g/mol. The fourth-order valence-corrected chi connectivity index (χ4v) is 2.72. The van der Waals surface area contributed by atoms with Crippen LogP contribution in [0, 0.1) is 0 Å². The molecule has 0 spiro atoms.